The minimum atomic E-state index is -0.566. The van der Waals surface area contributed by atoms with Crippen molar-refractivity contribution in [1.29, 1.82) is 0 Å². The van der Waals surface area contributed by atoms with Crippen LogP contribution in [0.4, 0.5) is 5.82 Å². The lowest BCUT2D eigenvalue weighted by molar-refractivity contribution is 0.0947. The zero-order chi connectivity index (χ0) is 21.6. The molecule has 11 nitrogen and oxygen atoms in total. The summed E-state index contributed by atoms with van der Waals surface area (Å²) in [6.45, 7) is 1.75. The largest absolute Gasteiger partial charge is 0.487 e. The molecule has 0 aliphatic rings. The summed E-state index contributed by atoms with van der Waals surface area (Å²) < 4.78 is 11.7. The van der Waals surface area contributed by atoms with E-state index in [0.29, 0.717) is 17.2 Å². The first-order valence-electron chi connectivity index (χ1n) is 9.24. The molecule has 0 spiro atoms. The van der Waals surface area contributed by atoms with Crippen molar-refractivity contribution >= 4 is 17.4 Å². The van der Waals surface area contributed by atoms with E-state index in [0.717, 1.165) is 5.56 Å². The molecule has 4 aromatic rings. The minimum Gasteiger partial charge on any atom is -0.487 e. The maximum Gasteiger partial charge on any atom is 0.293 e. The molecular formula is C20H18N8O3. The third-order valence-corrected chi connectivity index (χ3v) is 4.31. The van der Waals surface area contributed by atoms with Gasteiger partial charge in [-0.2, -0.15) is 9.78 Å². The quantitative estimate of drug-likeness (QED) is 0.342. The van der Waals surface area contributed by atoms with Crippen molar-refractivity contribution in [1.82, 2.24) is 30.7 Å². The molecule has 2 heterocycles. The van der Waals surface area contributed by atoms with Crippen LogP contribution in [-0.2, 0) is 6.61 Å². The second-order valence-corrected chi connectivity index (χ2v) is 6.38. The van der Waals surface area contributed by atoms with Crippen LogP contribution < -0.4 is 15.9 Å². The molecule has 0 fully saturated rings. The molecule has 0 atom stereocenters. The summed E-state index contributed by atoms with van der Waals surface area (Å²) in [4.78, 5) is 12.8. The van der Waals surface area contributed by atoms with Crippen LogP contribution in [0.2, 0.25) is 0 Å². The van der Waals surface area contributed by atoms with Crippen LogP contribution in [-0.4, -0.2) is 36.9 Å². The lowest BCUT2D eigenvalue weighted by atomic mass is 10.1. The summed E-state index contributed by atoms with van der Waals surface area (Å²) in [5, 5.41) is 19.3. The molecule has 4 rings (SSSR count). The number of amides is 1. The number of nitrogens with zero attached hydrogens (tertiary/aromatic N) is 6. The van der Waals surface area contributed by atoms with Crippen molar-refractivity contribution in [3.63, 3.8) is 0 Å². The lowest BCUT2D eigenvalue weighted by Crippen LogP contribution is -2.22. The van der Waals surface area contributed by atoms with Gasteiger partial charge in [-0.05, 0) is 34.9 Å². The van der Waals surface area contributed by atoms with Gasteiger partial charge in [-0.3, -0.25) is 4.79 Å². The Bertz CT molecular complexity index is 1200. The first-order valence-corrected chi connectivity index (χ1v) is 9.24. The number of para-hydroxylation sites is 1. The van der Waals surface area contributed by atoms with Crippen molar-refractivity contribution in [3.8, 4) is 11.6 Å². The number of hydrogen-bond acceptors (Lipinski definition) is 9. The lowest BCUT2D eigenvalue weighted by Gasteiger charge is -2.08. The molecular weight excluding hydrogens is 400 g/mol. The number of nitrogens with two attached hydrogens (primary N) is 1. The number of benzene rings is 2. The molecule has 11 heteroatoms. The van der Waals surface area contributed by atoms with E-state index in [2.05, 4.69) is 35.8 Å². The molecule has 156 valence electrons. The Morgan fingerprint density at radius 3 is 2.52 bits per heavy atom. The Labute approximate surface area is 176 Å². The van der Waals surface area contributed by atoms with Gasteiger partial charge in [-0.15, -0.1) is 5.10 Å². The Kier molecular flexibility index (Phi) is 5.65. The van der Waals surface area contributed by atoms with Crippen molar-refractivity contribution in [2.45, 2.75) is 13.5 Å². The smallest absolute Gasteiger partial charge is 0.293 e. The summed E-state index contributed by atoms with van der Waals surface area (Å²) in [7, 11) is 0. The summed E-state index contributed by atoms with van der Waals surface area (Å²) in [5.74, 6) is 0.131. The summed E-state index contributed by atoms with van der Waals surface area (Å²) in [6, 6.07) is 18.6. The zero-order valence-corrected chi connectivity index (χ0v) is 16.5. The highest BCUT2D eigenvalue weighted by Crippen LogP contribution is 2.18. The number of nitrogen functional groups attached to an aromatic ring is 1. The zero-order valence-electron chi connectivity index (χ0n) is 16.5. The van der Waals surface area contributed by atoms with E-state index in [1.54, 1.807) is 19.1 Å². The van der Waals surface area contributed by atoms with E-state index >= 15 is 0 Å². The number of anilines is 1. The van der Waals surface area contributed by atoms with Crippen LogP contribution in [0.15, 0.2) is 70.4 Å². The van der Waals surface area contributed by atoms with Gasteiger partial charge < -0.3 is 10.5 Å². The minimum absolute atomic E-state index is 0.00272. The molecule has 0 saturated heterocycles. The molecule has 0 unspecified atom stereocenters. The maximum absolute atomic E-state index is 12.8. The molecule has 0 aliphatic heterocycles. The Balaban J connectivity index is 1.61. The normalized spacial score (nSPS) is 11.3. The standard InChI is InChI=1S/C20H18N8O3/c1-13(14-8-4-2-5-9-14)22-24-20(29)17-16(12-30-15-10-6-3-7-11-15)28(27-23-17)19-18(21)25-31-26-19/h2-11H,12H2,1H3,(H2,21,25)(H,24,29)/b22-13+. The first-order chi connectivity index (χ1) is 15.1. The van der Waals surface area contributed by atoms with Crippen LogP contribution in [0.1, 0.15) is 28.7 Å². The molecule has 0 bridgehead atoms. The molecule has 3 N–H and O–H groups in total. The van der Waals surface area contributed by atoms with Gasteiger partial charge in [0.25, 0.3) is 5.91 Å². The number of carbonyl (C=O) groups excluding carboxylic acids is 1. The highest BCUT2D eigenvalue weighted by atomic mass is 16.6. The number of rotatable bonds is 7. The van der Waals surface area contributed by atoms with Crippen molar-refractivity contribution < 1.29 is 14.2 Å². The maximum atomic E-state index is 12.8. The molecule has 1 amide bonds. The van der Waals surface area contributed by atoms with Gasteiger partial charge in [0.05, 0.1) is 5.71 Å². The fourth-order valence-corrected chi connectivity index (χ4v) is 2.72. The number of aromatic nitrogens is 5. The van der Waals surface area contributed by atoms with Crippen molar-refractivity contribution in [2.24, 2.45) is 5.10 Å². The number of carbonyl (C=O) groups is 1. The number of hydrazone groups is 1. The molecule has 2 aromatic heterocycles. The average Bonchev–Trinajstić information content (AvgIpc) is 3.42. The van der Waals surface area contributed by atoms with Crippen LogP contribution >= 0.6 is 0 Å². The predicted molar refractivity (Wildman–Crippen MR) is 111 cm³/mol. The molecule has 0 aliphatic carbocycles. The van der Waals surface area contributed by atoms with Gasteiger partial charge >= 0.3 is 0 Å². The SMILES string of the molecule is C/C(=N\NC(=O)c1nnn(-c2nonc2N)c1COc1ccccc1)c1ccccc1. The van der Waals surface area contributed by atoms with Gasteiger partial charge in [0.1, 0.15) is 18.1 Å². The second kappa shape index (κ2) is 8.86. The van der Waals surface area contributed by atoms with Gasteiger partial charge in [0.2, 0.25) is 11.6 Å². The van der Waals surface area contributed by atoms with Gasteiger partial charge in [-0.25, -0.2) is 10.1 Å². The van der Waals surface area contributed by atoms with E-state index < -0.39 is 5.91 Å². The molecule has 2 aromatic carbocycles. The Morgan fingerprint density at radius 2 is 1.84 bits per heavy atom. The van der Waals surface area contributed by atoms with Crippen LogP contribution in [0.3, 0.4) is 0 Å². The van der Waals surface area contributed by atoms with E-state index in [1.807, 2.05) is 48.5 Å². The number of hydrogen-bond donors (Lipinski definition) is 2. The van der Waals surface area contributed by atoms with E-state index in [9.17, 15) is 4.79 Å². The molecule has 31 heavy (non-hydrogen) atoms. The Hall–Kier alpha value is -4.54. The molecule has 0 saturated carbocycles. The van der Waals surface area contributed by atoms with E-state index in [-0.39, 0.29) is 23.9 Å². The van der Waals surface area contributed by atoms with E-state index in [1.165, 1.54) is 4.68 Å². The van der Waals surface area contributed by atoms with Gasteiger partial charge in [0.15, 0.2) is 5.69 Å². The predicted octanol–water partition coefficient (Wildman–Crippen LogP) is 1.97. The van der Waals surface area contributed by atoms with Crippen LogP contribution in [0, 0.1) is 0 Å². The monoisotopic (exact) mass is 418 g/mol. The average molecular weight is 418 g/mol. The fraction of sp³-hybridized carbons (Fsp3) is 0.100. The third-order valence-electron chi connectivity index (χ3n) is 4.31. The highest BCUT2D eigenvalue weighted by Gasteiger charge is 2.24. The van der Waals surface area contributed by atoms with Crippen molar-refractivity contribution in [3.05, 3.63) is 77.6 Å². The summed E-state index contributed by atoms with van der Waals surface area (Å²) in [5.41, 5.74) is 10.1. The van der Waals surface area contributed by atoms with Crippen molar-refractivity contribution in [2.75, 3.05) is 5.73 Å². The molecule has 0 radical (unpaired) electrons. The third kappa shape index (κ3) is 4.40. The van der Waals surface area contributed by atoms with Gasteiger partial charge in [-0.1, -0.05) is 53.7 Å². The van der Waals surface area contributed by atoms with E-state index in [4.69, 9.17) is 10.5 Å². The van der Waals surface area contributed by atoms with Crippen LogP contribution in [0.5, 0.6) is 5.75 Å². The van der Waals surface area contributed by atoms with Crippen LogP contribution in [0.25, 0.3) is 5.82 Å². The topological polar surface area (TPSA) is 146 Å². The second-order valence-electron chi connectivity index (χ2n) is 6.38. The van der Waals surface area contributed by atoms with Gasteiger partial charge in [0, 0.05) is 0 Å². The first kappa shape index (κ1) is 19.8. The number of ether oxygens (including phenoxy) is 1. The highest BCUT2D eigenvalue weighted by molar-refractivity contribution is 6.00. The fourth-order valence-electron chi connectivity index (χ4n) is 2.72. The Morgan fingerprint density at radius 1 is 1.13 bits per heavy atom. The summed E-state index contributed by atoms with van der Waals surface area (Å²) in [6.07, 6.45) is 0. The number of nitrogens with one attached hydrogen (secondary N) is 1. The summed E-state index contributed by atoms with van der Waals surface area (Å²) >= 11 is 0.